The topological polar surface area (TPSA) is 56.8 Å². The number of hydrogen-bond acceptors (Lipinski definition) is 5. The Labute approximate surface area is 180 Å². The zero-order valence-corrected chi connectivity index (χ0v) is 18.2. The number of carbonyl (C=O) groups is 1. The molecule has 0 radical (unpaired) electrons. The van der Waals surface area contributed by atoms with Crippen molar-refractivity contribution in [3.05, 3.63) is 58.3 Å². The van der Waals surface area contributed by atoms with E-state index >= 15 is 0 Å². The normalized spacial score (nSPS) is 15.3. The van der Waals surface area contributed by atoms with E-state index in [-0.39, 0.29) is 11.8 Å². The molecule has 0 fully saturated rings. The fourth-order valence-electron chi connectivity index (χ4n) is 3.76. The van der Waals surface area contributed by atoms with E-state index in [0.29, 0.717) is 19.6 Å². The molecule has 2 heterocycles. The summed E-state index contributed by atoms with van der Waals surface area (Å²) < 4.78 is 16.7. The molecule has 1 N–H and O–H groups in total. The first-order chi connectivity index (χ1) is 14.6. The zero-order valence-electron chi connectivity index (χ0n) is 17.4. The van der Waals surface area contributed by atoms with Crippen molar-refractivity contribution in [3.63, 3.8) is 0 Å². The van der Waals surface area contributed by atoms with Gasteiger partial charge in [-0.15, -0.1) is 11.3 Å². The number of thiophene rings is 1. The Kier molecular flexibility index (Phi) is 5.95. The fraction of sp³-hybridized carbons (Fsp3) is 0.292. The molecule has 30 heavy (non-hydrogen) atoms. The molecule has 0 aliphatic carbocycles. The number of fused-ring (bicyclic) bond motifs is 1. The predicted octanol–water partition coefficient (Wildman–Crippen LogP) is 5.70. The molecule has 0 saturated carbocycles. The van der Waals surface area contributed by atoms with E-state index in [4.69, 9.17) is 14.2 Å². The second-order valence-corrected chi connectivity index (χ2v) is 7.91. The maximum atomic E-state index is 12.6. The minimum absolute atomic E-state index is 0.0133. The van der Waals surface area contributed by atoms with Crippen LogP contribution in [0.3, 0.4) is 0 Å². The highest BCUT2D eigenvalue weighted by Gasteiger charge is 2.31. The van der Waals surface area contributed by atoms with Gasteiger partial charge in [0.1, 0.15) is 5.75 Å². The smallest absolute Gasteiger partial charge is 0.225 e. The highest BCUT2D eigenvalue weighted by molar-refractivity contribution is 7.11. The summed E-state index contributed by atoms with van der Waals surface area (Å²) in [6.07, 6.45) is 0.412. The summed E-state index contributed by atoms with van der Waals surface area (Å²) in [5.41, 5.74) is 4.04. The van der Waals surface area contributed by atoms with Gasteiger partial charge in [-0.1, -0.05) is 18.2 Å². The number of hydrogen-bond donors (Lipinski definition) is 1. The lowest BCUT2D eigenvalue weighted by atomic mass is 9.89. The molecule has 0 unspecified atom stereocenters. The summed E-state index contributed by atoms with van der Waals surface area (Å²) in [4.78, 5) is 13.7. The summed E-state index contributed by atoms with van der Waals surface area (Å²) in [5, 5.41) is 5.21. The molecule has 1 atom stereocenters. The van der Waals surface area contributed by atoms with Gasteiger partial charge in [-0.25, -0.2) is 0 Å². The summed E-state index contributed by atoms with van der Waals surface area (Å²) in [6, 6.07) is 13.9. The highest BCUT2D eigenvalue weighted by atomic mass is 32.1. The van der Waals surface area contributed by atoms with Crippen LogP contribution < -0.4 is 19.5 Å². The molecule has 1 aliphatic rings. The first kappa shape index (κ1) is 20.3. The molecule has 1 amide bonds. The molecule has 1 aliphatic heterocycles. The molecule has 1 aromatic heterocycles. The quantitative estimate of drug-likeness (QED) is 0.530. The van der Waals surface area contributed by atoms with Gasteiger partial charge in [0.25, 0.3) is 0 Å². The van der Waals surface area contributed by atoms with E-state index < -0.39 is 0 Å². The lowest BCUT2D eigenvalue weighted by molar-refractivity contribution is -0.116. The van der Waals surface area contributed by atoms with Crippen LogP contribution in [0.25, 0.3) is 11.1 Å². The second kappa shape index (κ2) is 8.79. The van der Waals surface area contributed by atoms with Crippen LogP contribution in [0.15, 0.2) is 47.8 Å². The lowest BCUT2D eigenvalue weighted by Gasteiger charge is -2.25. The van der Waals surface area contributed by atoms with Crippen LogP contribution >= 0.6 is 11.3 Å². The summed E-state index contributed by atoms with van der Waals surface area (Å²) in [7, 11) is 1.65. The highest BCUT2D eigenvalue weighted by Crippen LogP contribution is 2.47. The Bertz CT molecular complexity index is 1040. The SMILES string of the molecule is CCOc1ccc([C@H]2CC(=O)Nc3c(-c4ccc(OC)cc4)csc32)cc1OCC. The van der Waals surface area contributed by atoms with Gasteiger partial charge in [0.2, 0.25) is 5.91 Å². The second-order valence-electron chi connectivity index (χ2n) is 6.99. The van der Waals surface area contributed by atoms with Gasteiger partial charge in [-0.05, 0) is 49.2 Å². The molecule has 4 rings (SSSR count). The average Bonchev–Trinajstić information content (AvgIpc) is 3.18. The summed E-state index contributed by atoms with van der Waals surface area (Å²) in [6.45, 7) is 5.04. The minimum Gasteiger partial charge on any atom is -0.497 e. The van der Waals surface area contributed by atoms with E-state index in [1.807, 2.05) is 56.3 Å². The number of methoxy groups -OCH3 is 1. The number of ether oxygens (including phenoxy) is 3. The molecule has 3 aromatic rings. The number of nitrogens with one attached hydrogen (secondary N) is 1. The van der Waals surface area contributed by atoms with Gasteiger partial charge in [-0.3, -0.25) is 4.79 Å². The van der Waals surface area contributed by atoms with Gasteiger partial charge in [0.05, 0.1) is 26.0 Å². The van der Waals surface area contributed by atoms with Crippen LogP contribution in [0.4, 0.5) is 5.69 Å². The van der Waals surface area contributed by atoms with E-state index in [1.54, 1.807) is 18.4 Å². The Morgan fingerprint density at radius 2 is 1.77 bits per heavy atom. The molecule has 156 valence electrons. The van der Waals surface area contributed by atoms with Crippen molar-refractivity contribution in [3.8, 4) is 28.4 Å². The Balaban J connectivity index is 1.73. The summed E-state index contributed by atoms with van der Waals surface area (Å²) in [5.74, 6) is 2.26. The van der Waals surface area contributed by atoms with Gasteiger partial charge >= 0.3 is 0 Å². The predicted molar refractivity (Wildman–Crippen MR) is 120 cm³/mol. The van der Waals surface area contributed by atoms with Crippen molar-refractivity contribution in [2.45, 2.75) is 26.2 Å². The summed E-state index contributed by atoms with van der Waals surface area (Å²) >= 11 is 1.68. The standard InChI is InChI=1S/C24H25NO4S/c1-4-28-20-11-8-16(12-21(20)29-5-2)18-13-22(26)25-23-19(14-30-24(18)23)15-6-9-17(27-3)10-7-15/h6-12,14,18H,4-5,13H2,1-3H3,(H,25,26)/t18-/m1/s1. The van der Waals surface area contributed by atoms with Gasteiger partial charge in [0.15, 0.2) is 11.5 Å². The molecular weight excluding hydrogens is 398 g/mol. The zero-order chi connectivity index (χ0) is 21.1. The third kappa shape index (κ3) is 3.87. The van der Waals surface area contributed by atoms with Crippen molar-refractivity contribution >= 4 is 22.9 Å². The Hall–Kier alpha value is -2.99. The molecule has 2 aromatic carbocycles. The fourth-order valence-corrected chi connectivity index (χ4v) is 4.92. The lowest BCUT2D eigenvalue weighted by Crippen LogP contribution is -2.22. The van der Waals surface area contributed by atoms with Crippen LogP contribution in [-0.2, 0) is 4.79 Å². The van der Waals surface area contributed by atoms with Crippen LogP contribution in [0.2, 0.25) is 0 Å². The average molecular weight is 424 g/mol. The van der Waals surface area contributed by atoms with Crippen LogP contribution in [0.5, 0.6) is 17.2 Å². The number of rotatable bonds is 7. The third-order valence-corrected chi connectivity index (χ3v) is 6.26. The maximum absolute atomic E-state index is 12.6. The van der Waals surface area contributed by atoms with Crippen LogP contribution in [0.1, 0.15) is 36.6 Å². The molecule has 6 heteroatoms. The third-order valence-electron chi connectivity index (χ3n) is 5.16. The number of amides is 1. The monoisotopic (exact) mass is 423 g/mol. The molecule has 0 bridgehead atoms. The molecule has 0 saturated heterocycles. The molecule has 5 nitrogen and oxygen atoms in total. The molecule has 0 spiro atoms. The number of benzene rings is 2. The van der Waals surface area contributed by atoms with E-state index in [0.717, 1.165) is 44.5 Å². The van der Waals surface area contributed by atoms with Crippen molar-refractivity contribution in [1.29, 1.82) is 0 Å². The number of anilines is 1. The van der Waals surface area contributed by atoms with E-state index in [1.165, 1.54) is 0 Å². The van der Waals surface area contributed by atoms with E-state index in [9.17, 15) is 4.79 Å². The van der Waals surface area contributed by atoms with Crippen molar-refractivity contribution < 1.29 is 19.0 Å². The van der Waals surface area contributed by atoms with Crippen molar-refractivity contribution in [1.82, 2.24) is 0 Å². The van der Waals surface area contributed by atoms with Gasteiger partial charge in [0, 0.05) is 28.2 Å². The molecular formula is C24H25NO4S. The van der Waals surface area contributed by atoms with Gasteiger partial charge in [-0.2, -0.15) is 0 Å². The Morgan fingerprint density at radius 1 is 1.03 bits per heavy atom. The van der Waals surface area contributed by atoms with Crippen LogP contribution in [-0.4, -0.2) is 26.2 Å². The largest absolute Gasteiger partial charge is 0.497 e. The van der Waals surface area contributed by atoms with E-state index in [2.05, 4.69) is 10.7 Å². The number of carbonyl (C=O) groups excluding carboxylic acids is 1. The van der Waals surface area contributed by atoms with Crippen LogP contribution in [0, 0.1) is 0 Å². The maximum Gasteiger partial charge on any atom is 0.225 e. The van der Waals surface area contributed by atoms with Crippen molar-refractivity contribution in [2.75, 3.05) is 25.6 Å². The van der Waals surface area contributed by atoms with Crippen molar-refractivity contribution in [2.24, 2.45) is 0 Å². The first-order valence-corrected chi connectivity index (χ1v) is 11.0. The van der Waals surface area contributed by atoms with Gasteiger partial charge < -0.3 is 19.5 Å². The Morgan fingerprint density at radius 3 is 2.47 bits per heavy atom. The minimum atomic E-state index is -0.0133. The first-order valence-electron chi connectivity index (χ1n) is 10.1.